The van der Waals surface area contributed by atoms with Gasteiger partial charge in [-0.25, -0.2) is 17.2 Å². The summed E-state index contributed by atoms with van der Waals surface area (Å²) < 4.78 is 86.9. The zero-order valence-corrected chi connectivity index (χ0v) is 18.1. The fraction of sp³-hybridized carbons (Fsp3) is 0.368. The summed E-state index contributed by atoms with van der Waals surface area (Å²) >= 11 is 5.86. The highest BCUT2D eigenvalue weighted by Gasteiger charge is 2.50. The van der Waals surface area contributed by atoms with Crippen molar-refractivity contribution in [2.24, 2.45) is 5.92 Å². The number of benzene rings is 2. The molecule has 6 nitrogen and oxygen atoms in total. The Hall–Kier alpha value is -1.59. The van der Waals surface area contributed by atoms with Gasteiger partial charge in [0.1, 0.15) is 16.4 Å². The largest absolute Gasteiger partial charge is 0.333 e. The molecule has 0 saturated heterocycles. The zero-order valence-electron chi connectivity index (χ0n) is 15.7. The van der Waals surface area contributed by atoms with E-state index in [-0.39, 0.29) is 48.6 Å². The van der Waals surface area contributed by atoms with Crippen LogP contribution in [-0.4, -0.2) is 27.9 Å². The molecule has 11 heteroatoms. The molecule has 2 aromatic carbocycles. The van der Waals surface area contributed by atoms with E-state index in [2.05, 4.69) is 0 Å². The van der Waals surface area contributed by atoms with Crippen molar-refractivity contribution in [3.63, 3.8) is 0 Å². The summed E-state index contributed by atoms with van der Waals surface area (Å²) in [6.07, 6.45) is 0.364. The molecule has 0 aromatic heterocycles. The van der Waals surface area contributed by atoms with Gasteiger partial charge >= 0.3 is 10.3 Å². The second-order valence-electron chi connectivity index (χ2n) is 7.34. The van der Waals surface area contributed by atoms with E-state index in [1.807, 2.05) is 4.72 Å². The molecular formula is C19H20ClF2NO5S2. The zero-order chi connectivity index (χ0) is 22.2. The van der Waals surface area contributed by atoms with Gasteiger partial charge in [0.05, 0.1) is 4.90 Å². The van der Waals surface area contributed by atoms with Crippen molar-refractivity contribution < 1.29 is 30.2 Å². The van der Waals surface area contributed by atoms with Crippen molar-refractivity contribution in [3.8, 4) is 0 Å². The van der Waals surface area contributed by atoms with Crippen LogP contribution < -0.4 is 4.72 Å². The number of nitrogens with one attached hydrogen (secondary N) is 1. The van der Waals surface area contributed by atoms with E-state index in [0.717, 1.165) is 18.2 Å². The van der Waals surface area contributed by atoms with Crippen molar-refractivity contribution in [2.45, 2.75) is 35.3 Å². The van der Waals surface area contributed by atoms with Crippen LogP contribution in [0, 0.1) is 17.6 Å². The maximum Gasteiger partial charge on any atom is 0.333 e. The number of rotatable bonds is 6. The van der Waals surface area contributed by atoms with E-state index in [0.29, 0.717) is 5.02 Å². The lowest BCUT2D eigenvalue weighted by Crippen LogP contribution is -2.42. The maximum atomic E-state index is 14.7. The van der Waals surface area contributed by atoms with Gasteiger partial charge in [0.2, 0.25) is 0 Å². The smallest absolute Gasteiger partial charge is 0.273 e. The Balaban J connectivity index is 2.03. The van der Waals surface area contributed by atoms with E-state index in [9.17, 15) is 25.6 Å². The summed E-state index contributed by atoms with van der Waals surface area (Å²) in [5.74, 6) is -1.85. The molecule has 1 aliphatic carbocycles. The van der Waals surface area contributed by atoms with Gasteiger partial charge in [-0.05, 0) is 74.1 Å². The summed E-state index contributed by atoms with van der Waals surface area (Å²) in [4.78, 5) is -0.0647. The number of halogens is 3. The van der Waals surface area contributed by atoms with Gasteiger partial charge < -0.3 is 0 Å². The fourth-order valence-corrected chi connectivity index (χ4v) is 6.68. The van der Waals surface area contributed by atoms with Crippen molar-refractivity contribution in [1.82, 2.24) is 4.72 Å². The molecule has 0 atom stereocenters. The van der Waals surface area contributed by atoms with Gasteiger partial charge in [0.25, 0.3) is 0 Å². The lowest BCUT2D eigenvalue weighted by molar-refractivity contribution is 0.284. The summed E-state index contributed by atoms with van der Waals surface area (Å²) in [6, 6.07) is 8.18. The average molecular weight is 480 g/mol. The normalized spacial score (nSPS) is 22.7. The molecule has 0 heterocycles. The minimum atomic E-state index is -4.38. The molecule has 0 spiro atoms. The quantitative estimate of drug-likeness (QED) is 0.612. The van der Waals surface area contributed by atoms with Gasteiger partial charge in [-0.2, -0.15) is 13.1 Å². The van der Waals surface area contributed by atoms with E-state index in [1.165, 1.54) is 24.3 Å². The third kappa shape index (κ3) is 4.67. The molecule has 0 aliphatic heterocycles. The van der Waals surface area contributed by atoms with Gasteiger partial charge in [-0.15, -0.1) is 0 Å². The van der Waals surface area contributed by atoms with E-state index < -0.39 is 36.5 Å². The number of hydrogen-bond donors (Lipinski definition) is 2. The Bertz CT molecular complexity index is 1130. The molecule has 2 N–H and O–H groups in total. The lowest BCUT2D eigenvalue weighted by Gasteiger charge is -2.40. The van der Waals surface area contributed by atoms with Crippen LogP contribution >= 0.6 is 11.6 Å². The van der Waals surface area contributed by atoms with Crippen LogP contribution in [0.1, 0.15) is 31.2 Å². The Labute approximate surface area is 179 Å². The van der Waals surface area contributed by atoms with Crippen LogP contribution in [0.3, 0.4) is 0 Å². The van der Waals surface area contributed by atoms with Gasteiger partial charge in [0.15, 0.2) is 9.84 Å². The molecule has 1 aliphatic rings. The summed E-state index contributed by atoms with van der Waals surface area (Å²) in [5.41, 5.74) is -0.251. The van der Waals surface area contributed by atoms with Crippen LogP contribution in [0.4, 0.5) is 8.78 Å². The van der Waals surface area contributed by atoms with Crippen LogP contribution in [0.15, 0.2) is 47.4 Å². The number of hydrogen-bond acceptors (Lipinski definition) is 4. The van der Waals surface area contributed by atoms with Crippen LogP contribution in [0.25, 0.3) is 0 Å². The predicted octanol–water partition coefficient (Wildman–Crippen LogP) is 3.87. The van der Waals surface area contributed by atoms with Gasteiger partial charge in [0, 0.05) is 17.1 Å². The molecule has 1 fully saturated rings. The molecule has 0 amide bonds. The van der Waals surface area contributed by atoms with Crippen LogP contribution in [0.5, 0.6) is 0 Å². The molecule has 0 bridgehead atoms. The summed E-state index contributed by atoms with van der Waals surface area (Å²) in [6.45, 7) is -0.0818. The maximum absolute atomic E-state index is 14.7. The highest BCUT2D eigenvalue weighted by Crippen LogP contribution is 2.49. The van der Waals surface area contributed by atoms with Gasteiger partial charge in [-0.1, -0.05) is 11.6 Å². The van der Waals surface area contributed by atoms with Crippen LogP contribution in [-0.2, 0) is 24.9 Å². The van der Waals surface area contributed by atoms with E-state index in [4.69, 9.17) is 16.2 Å². The fourth-order valence-electron chi connectivity index (χ4n) is 3.94. The first kappa shape index (κ1) is 23.1. The third-order valence-electron chi connectivity index (χ3n) is 5.52. The minimum absolute atomic E-state index is 0.0455. The Morgan fingerprint density at radius 2 is 1.63 bits per heavy atom. The van der Waals surface area contributed by atoms with Crippen molar-refractivity contribution in [1.29, 1.82) is 0 Å². The molecule has 2 aromatic rings. The molecule has 30 heavy (non-hydrogen) atoms. The van der Waals surface area contributed by atoms with E-state index in [1.54, 1.807) is 0 Å². The molecule has 3 rings (SSSR count). The first-order chi connectivity index (χ1) is 13.9. The Kier molecular flexibility index (Phi) is 6.54. The first-order valence-electron chi connectivity index (χ1n) is 9.12. The monoisotopic (exact) mass is 479 g/mol. The average Bonchev–Trinajstić information content (AvgIpc) is 2.68. The summed E-state index contributed by atoms with van der Waals surface area (Å²) in [7, 11) is -8.54. The Morgan fingerprint density at radius 1 is 1.03 bits per heavy atom. The minimum Gasteiger partial charge on any atom is -0.273 e. The van der Waals surface area contributed by atoms with Crippen molar-refractivity contribution in [3.05, 3.63) is 64.7 Å². The second kappa shape index (κ2) is 8.51. The topological polar surface area (TPSA) is 101 Å². The van der Waals surface area contributed by atoms with Crippen molar-refractivity contribution >= 4 is 31.7 Å². The molecule has 164 valence electrons. The number of sulfone groups is 1. The molecular weight excluding hydrogens is 460 g/mol. The van der Waals surface area contributed by atoms with E-state index >= 15 is 0 Å². The van der Waals surface area contributed by atoms with Crippen molar-refractivity contribution in [2.75, 3.05) is 6.54 Å². The third-order valence-corrected chi connectivity index (χ3v) is 8.86. The van der Waals surface area contributed by atoms with Gasteiger partial charge in [-0.3, -0.25) is 4.55 Å². The molecule has 0 radical (unpaired) electrons. The van der Waals surface area contributed by atoms with Crippen LogP contribution in [0.2, 0.25) is 5.02 Å². The molecule has 1 saturated carbocycles. The first-order valence-corrected chi connectivity index (χ1v) is 12.4. The standard InChI is InChI=1S/C19H20ClF2NO5S2/c20-14-1-4-16(5-2-14)29(24,25)19(17-11-15(21)3-6-18(17)22)9-7-13(8-10-19)12-23-30(26,27)28/h1-6,11,13,23H,7-10,12H2,(H,26,27,28). The highest BCUT2D eigenvalue weighted by molar-refractivity contribution is 7.92. The lowest BCUT2D eigenvalue weighted by atomic mass is 9.77. The predicted molar refractivity (Wildman–Crippen MR) is 108 cm³/mol. The highest BCUT2D eigenvalue weighted by atomic mass is 35.5. The Morgan fingerprint density at radius 3 is 2.20 bits per heavy atom. The second-order valence-corrected chi connectivity index (χ2v) is 11.3. The summed E-state index contributed by atoms with van der Waals surface area (Å²) in [5, 5.41) is 0.333. The molecule has 0 unspecified atom stereocenters. The SMILES string of the molecule is O=S(=O)(O)NCC1CCC(c2cc(F)ccc2F)(S(=O)(=O)c2ccc(Cl)cc2)CC1.